The molecule has 31 heavy (non-hydrogen) atoms. The zero-order valence-electron chi connectivity index (χ0n) is 18.6. The first-order valence-electron chi connectivity index (χ1n) is 12.0. The summed E-state index contributed by atoms with van der Waals surface area (Å²) in [6, 6.07) is 16.9. The van der Waals surface area contributed by atoms with Crippen LogP contribution >= 0.6 is 0 Å². The highest BCUT2D eigenvalue weighted by molar-refractivity contribution is 5.86. The molecular formula is C27H36N4. The van der Waals surface area contributed by atoms with E-state index in [1.54, 1.807) is 0 Å². The molecule has 0 radical (unpaired) electrons. The van der Waals surface area contributed by atoms with E-state index in [1.165, 1.54) is 75.3 Å². The van der Waals surface area contributed by atoms with Crippen molar-refractivity contribution in [1.29, 1.82) is 0 Å². The fourth-order valence-corrected chi connectivity index (χ4v) is 4.89. The molecule has 2 fully saturated rings. The molecule has 0 spiro atoms. The molecule has 164 valence electrons. The Morgan fingerprint density at radius 2 is 0.935 bits per heavy atom. The van der Waals surface area contributed by atoms with Crippen LogP contribution in [0.2, 0.25) is 0 Å². The Labute approximate surface area is 186 Å². The van der Waals surface area contributed by atoms with E-state index in [4.69, 9.17) is 11.5 Å². The average Bonchev–Trinajstić information content (AvgIpc) is 2.82. The number of hydrogen-bond donors (Lipinski definition) is 2. The van der Waals surface area contributed by atoms with E-state index in [0.29, 0.717) is 11.8 Å². The van der Waals surface area contributed by atoms with Crippen LogP contribution in [-0.2, 0) is 6.42 Å². The molecule has 0 amide bonds. The molecule has 0 atom stereocenters. The Hall–Kier alpha value is -2.62. The first kappa shape index (κ1) is 21.6. The van der Waals surface area contributed by atoms with E-state index in [-0.39, 0.29) is 0 Å². The highest BCUT2D eigenvalue weighted by Gasteiger charge is 2.17. The van der Waals surface area contributed by atoms with Gasteiger partial charge in [-0.25, -0.2) is 9.98 Å². The number of amidine groups is 2. The van der Waals surface area contributed by atoms with Crippen LogP contribution in [-0.4, -0.2) is 11.7 Å². The van der Waals surface area contributed by atoms with Crippen LogP contribution in [0.15, 0.2) is 58.5 Å². The molecule has 2 saturated carbocycles. The summed E-state index contributed by atoms with van der Waals surface area (Å²) in [4.78, 5) is 9.35. The number of rotatable bonds is 6. The van der Waals surface area contributed by atoms with Crippen LogP contribution in [0, 0.1) is 11.8 Å². The Morgan fingerprint density at radius 3 is 1.29 bits per heavy atom. The highest BCUT2D eigenvalue weighted by atomic mass is 14.9. The maximum Gasteiger partial charge on any atom is 0.103 e. The number of nitrogens with zero attached hydrogens (tertiary/aromatic N) is 2. The third-order valence-corrected chi connectivity index (χ3v) is 6.84. The molecule has 2 aliphatic rings. The van der Waals surface area contributed by atoms with Crippen molar-refractivity contribution in [3.05, 3.63) is 59.7 Å². The van der Waals surface area contributed by atoms with Gasteiger partial charge in [0.2, 0.25) is 0 Å². The minimum atomic E-state index is 0.460. The van der Waals surface area contributed by atoms with Crippen molar-refractivity contribution in [3.8, 4) is 0 Å². The van der Waals surface area contributed by atoms with E-state index in [9.17, 15) is 0 Å². The second-order valence-electron chi connectivity index (χ2n) is 9.25. The van der Waals surface area contributed by atoms with Gasteiger partial charge in [-0.3, -0.25) is 0 Å². The minimum Gasteiger partial charge on any atom is -0.387 e. The molecule has 4 N–H and O–H groups in total. The van der Waals surface area contributed by atoms with Crippen LogP contribution in [0.3, 0.4) is 0 Å². The molecule has 0 aromatic heterocycles. The molecule has 2 aliphatic carbocycles. The van der Waals surface area contributed by atoms with Crippen molar-refractivity contribution in [2.45, 2.75) is 70.6 Å². The highest BCUT2D eigenvalue weighted by Crippen LogP contribution is 2.27. The first-order chi connectivity index (χ1) is 15.2. The van der Waals surface area contributed by atoms with E-state index in [0.717, 1.165) is 29.5 Å². The van der Waals surface area contributed by atoms with Gasteiger partial charge in [0.1, 0.15) is 11.7 Å². The van der Waals surface area contributed by atoms with Gasteiger partial charge < -0.3 is 11.5 Å². The van der Waals surface area contributed by atoms with Gasteiger partial charge in [0.05, 0.1) is 11.4 Å². The third kappa shape index (κ3) is 6.19. The largest absolute Gasteiger partial charge is 0.387 e. The van der Waals surface area contributed by atoms with Crippen LogP contribution < -0.4 is 11.5 Å². The number of nitrogens with two attached hydrogens (primary N) is 2. The molecule has 0 bridgehead atoms. The Balaban J connectivity index is 1.34. The lowest BCUT2D eigenvalue weighted by Gasteiger charge is -2.20. The number of hydrogen-bond acceptors (Lipinski definition) is 2. The molecule has 4 nitrogen and oxygen atoms in total. The van der Waals surface area contributed by atoms with Crippen LogP contribution in [0.25, 0.3) is 0 Å². The Morgan fingerprint density at radius 1 is 0.581 bits per heavy atom. The lowest BCUT2D eigenvalue weighted by atomic mass is 9.88. The van der Waals surface area contributed by atoms with Crippen molar-refractivity contribution in [2.75, 3.05) is 0 Å². The van der Waals surface area contributed by atoms with Gasteiger partial charge >= 0.3 is 0 Å². The fraction of sp³-hybridized carbons (Fsp3) is 0.481. The summed E-state index contributed by atoms with van der Waals surface area (Å²) in [5, 5.41) is 0. The maximum atomic E-state index is 6.27. The monoisotopic (exact) mass is 416 g/mol. The van der Waals surface area contributed by atoms with Crippen molar-refractivity contribution in [2.24, 2.45) is 33.3 Å². The summed E-state index contributed by atoms with van der Waals surface area (Å²) in [6.07, 6.45) is 13.4. The van der Waals surface area contributed by atoms with Crippen LogP contribution in [0.1, 0.15) is 75.3 Å². The van der Waals surface area contributed by atoms with Gasteiger partial charge in [-0.05, 0) is 67.5 Å². The molecule has 4 rings (SSSR count). The molecule has 4 heteroatoms. The van der Waals surface area contributed by atoms with Gasteiger partial charge in [0.15, 0.2) is 0 Å². The lowest BCUT2D eigenvalue weighted by Crippen LogP contribution is -2.25. The predicted molar refractivity (Wildman–Crippen MR) is 131 cm³/mol. The van der Waals surface area contributed by atoms with Crippen molar-refractivity contribution >= 4 is 23.0 Å². The second kappa shape index (κ2) is 10.6. The average molecular weight is 417 g/mol. The van der Waals surface area contributed by atoms with Gasteiger partial charge in [0.25, 0.3) is 0 Å². The van der Waals surface area contributed by atoms with Gasteiger partial charge in [-0.15, -0.1) is 0 Å². The summed E-state index contributed by atoms with van der Waals surface area (Å²) < 4.78 is 0. The maximum absolute atomic E-state index is 6.27. The summed E-state index contributed by atoms with van der Waals surface area (Å²) in [6.45, 7) is 0. The quantitative estimate of drug-likeness (QED) is 0.421. The van der Waals surface area contributed by atoms with Crippen LogP contribution in [0.4, 0.5) is 11.4 Å². The third-order valence-electron chi connectivity index (χ3n) is 6.84. The second-order valence-corrected chi connectivity index (χ2v) is 9.25. The summed E-state index contributed by atoms with van der Waals surface area (Å²) in [5.41, 5.74) is 17.0. The zero-order chi connectivity index (χ0) is 21.5. The normalized spacial score (nSPS) is 19.5. The molecule has 2 aromatic carbocycles. The zero-order valence-corrected chi connectivity index (χ0v) is 18.6. The molecule has 0 unspecified atom stereocenters. The Bertz CT molecular complexity index is 808. The molecule has 0 aliphatic heterocycles. The summed E-state index contributed by atoms with van der Waals surface area (Å²) >= 11 is 0. The summed E-state index contributed by atoms with van der Waals surface area (Å²) in [7, 11) is 0. The van der Waals surface area contributed by atoms with E-state index in [1.807, 2.05) is 0 Å². The van der Waals surface area contributed by atoms with E-state index in [2.05, 4.69) is 58.5 Å². The Kier molecular flexibility index (Phi) is 7.39. The van der Waals surface area contributed by atoms with Crippen molar-refractivity contribution in [1.82, 2.24) is 0 Å². The number of aliphatic imine (C=N–C) groups is 2. The van der Waals surface area contributed by atoms with Crippen molar-refractivity contribution < 1.29 is 0 Å². The lowest BCUT2D eigenvalue weighted by molar-refractivity contribution is 0.437. The topological polar surface area (TPSA) is 76.8 Å². The molecule has 0 saturated heterocycles. The van der Waals surface area contributed by atoms with Crippen molar-refractivity contribution in [3.63, 3.8) is 0 Å². The van der Waals surface area contributed by atoms with E-state index < -0.39 is 0 Å². The van der Waals surface area contributed by atoms with Gasteiger partial charge in [-0.1, -0.05) is 62.8 Å². The standard InChI is InChI=1S/C27H36N4/c28-26(22-7-3-1-4-8-22)30-24-15-11-20(12-16-24)19-21-13-17-25(18-14-21)31-27(29)23-9-5-2-6-10-23/h11-18,22-23H,1-10,19H2,(H2,28,30)(H2,29,31). The van der Waals surface area contributed by atoms with Gasteiger partial charge in [-0.2, -0.15) is 0 Å². The molecular weight excluding hydrogens is 380 g/mol. The summed E-state index contributed by atoms with van der Waals surface area (Å²) in [5.74, 6) is 2.52. The predicted octanol–water partition coefficient (Wildman–Crippen LogP) is 6.42. The SMILES string of the molecule is NC(=Nc1ccc(Cc2ccc(N=C(N)C3CCCCC3)cc2)cc1)C1CCCCC1. The number of benzene rings is 2. The minimum absolute atomic E-state index is 0.460. The molecule has 2 aromatic rings. The van der Waals surface area contributed by atoms with E-state index >= 15 is 0 Å². The molecule has 0 heterocycles. The fourth-order valence-electron chi connectivity index (χ4n) is 4.89. The first-order valence-corrected chi connectivity index (χ1v) is 12.0. The van der Waals surface area contributed by atoms with Gasteiger partial charge in [0, 0.05) is 11.8 Å². The smallest absolute Gasteiger partial charge is 0.103 e. The van der Waals surface area contributed by atoms with Crippen LogP contribution in [0.5, 0.6) is 0 Å².